The summed E-state index contributed by atoms with van der Waals surface area (Å²) in [7, 11) is 0. The van der Waals surface area contributed by atoms with Crippen molar-refractivity contribution in [3.63, 3.8) is 0 Å². The number of hydrogen-bond donors (Lipinski definition) is 1. The van der Waals surface area contributed by atoms with Gasteiger partial charge in [-0.05, 0) is 18.8 Å². The Kier molecular flexibility index (Phi) is 6.05. The quantitative estimate of drug-likeness (QED) is 0.808. The summed E-state index contributed by atoms with van der Waals surface area (Å²) in [5.74, 6) is 1.58. The minimum atomic E-state index is 0.447. The van der Waals surface area contributed by atoms with Gasteiger partial charge in [-0.2, -0.15) is 0 Å². The molecular weight excluding hydrogens is 224 g/mol. The van der Waals surface area contributed by atoms with Crippen LogP contribution in [-0.4, -0.2) is 22.6 Å². The van der Waals surface area contributed by atoms with Gasteiger partial charge in [0.25, 0.3) is 0 Å². The van der Waals surface area contributed by atoms with Gasteiger partial charge < -0.3 is 10.6 Å². The van der Waals surface area contributed by atoms with Crippen LogP contribution in [0.3, 0.4) is 0 Å². The number of nitrogens with zero attached hydrogens (tertiary/aromatic N) is 3. The molecule has 4 nitrogen and oxygen atoms in total. The SMILES string of the molecule is CCC(CC)N(CC(C)C)c1cnc(CN)cn1. The zero-order valence-corrected chi connectivity index (χ0v) is 12.1. The van der Waals surface area contributed by atoms with Gasteiger partial charge in [0.15, 0.2) is 0 Å². The maximum atomic E-state index is 5.55. The van der Waals surface area contributed by atoms with E-state index in [4.69, 9.17) is 5.73 Å². The van der Waals surface area contributed by atoms with Crippen LogP contribution in [0.15, 0.2) is 12.4 Å². The van der Waals surface area contributed by atoms with E-state index in [2.05, 4.69) is 42.6 Å². The van der Waals surface area contributed by atoms with Gasteiger partial charge in [0, 0.05) is 19.1 Å². The van der Waals surface area contributed by atoms with Gasteiger partial charge in [0.2, 0.25) is 0 Å². The van der Waals surface area contributed by atoms with E-state index in [0.29, 0.717) is 18.5 Å². The van der Waals surface area contributed by atoms with Crippen molar-refractivity contribution in [3.05, 3.63) is 18.1 Å². The number of hydrogen-bond acceptors (Lipinski definition) is 4. The lowest BCUT2D eigenvalue weighted by molar-refractivity contribution is 0.502. The van der Waals surface area contributed by atoms with Crippen molar-refractivity contribution in [2.45, 2.75) is 53.1 Å². The average molecular weight is 250 g/mol. The van der Waals surface area contributed by atoms with Gasteiger partial charge in [0.1, 0.15) is 5.82 Å². The zero-order valence-electron chi connectivity index (χ0n) is 12.1. The summed E-state index contributed by atoms with van der Waals surface area (Å²) < 4.78 is 0. The molecule has 1 aromatic heterocycles. The van der Waals surface area contributed by atoms with E-state index in [1.54, 1.807) is 6.20 Å². The van der Waals surface area contributed by atoms with Crippen molar-refractivity contribution in [1.82, 2.24) is 9.97 Å². The fraction of sp³-hybridized carbons (Fsp3) is 0.714. The first-order valence-electron chi connectivity index (χ1n) is 6.89. The summed E-state index contributed by atoms with van der Waals surface area (Å²) in [6.07, 6.45) is 5.89. The third-order valence-electron chi connectivity index (χ3n) is 3.14. The number of rotatable bonds is 7. The van der Waals surface area contributed by atoms with Crippen LogP contribution in [0.4, 0.5) is 5.82 Å². The van der Waals surface area contributed by atoms with Crippen LogP contribution in [0.25, 0.3) is 0 Å². The van der Waals surface area contributed by atoms with Crippen LogP contribution in [0, 0.1) is 5.92 Å². The Labute approximate surface area is 111 Å². The molecule has 2 N–H and O–H groups in total. The predicted octanol–water partition coefficient (Wildman–Crippen LogP) is 2.59. The van der Waals surface area contributed by atoms with E-state index in [1.807, 2.05) is 6.20 Å². The van der Waals surface area contributed by atoms with Crippen molar-refractivity contribution >= 4 is 5.82 Å². The lowest BCUT2D eigenvalue weighted by Crippen LogP contribution is -2.38. The smallest absolute Gasteiger partial charge is 0.147 e. The molecule has 0 atom stereocenters. The van der Waals surface area contributed by atoms with Crippen molar-refractivity contribution in [2.75, 3.05) is 11.4 Å². The molecule has 0 spiro atoms. The van der Waals surface area contributed by atoms with Gasteiger partial charge in [0.05, 0.1) is 18.1 Å². The van der Waals surface area contributed by atoms with Crippen LogP contribution < -0.4 is 10.6 Å². The molecule has 0 saturated heterocycles. The largest absolute Gasteiger partial charge is 0.352 e. The van der Waals surface area contributed by atoms with Gasteiger partial charge in [-0.25, -0.2) is 4.98 Å². The molecule has 0 amide bonds. The maximum absolute atomic E-state index is 5.55. The van der Waals surface area contributed by atoms with Crippen molar-refractivity contribution < 1.29 is 0 Å². The van der Waals surface area contributed by atoms with Gasteiger partial charge >= 0.3 is 0 Å². The minimum absolute atomic E-state index is 0.447. The van der Waals surface area contributed by atoms with Crippen LogP contribution in [0.2, 0.25) is 0 Å². The first-order chi connectivity index (χ1) is 8.62. The molecule has 0 fully saturated rings. The molecular formula is C14H26N4. The monoisotopic (exact) mass is 250 g/mol. The van der Waals surface area contributed by atoms with Crippen molar-refractivity contribution in [2.24, 2.45) is 11.7 Å². The second-order valence-corrected chi connectivity index (χ2v) is 5.09. The summed E-state index contributed by atoms with van der Waals surface area (Å²) in [4.78, 5) is 11.2. The van der Waals surface area contributed by atoms with E-state index in [1.165, 1.54) is 0 Å². The van der Waals surface area contributed by atoms with Gasteiger partial charge in [-0.15, -0.1) is 0 Å². The molecule has 0 aromatic carbocycles. The lowest BCUT2D eigenvalue weighted by Gasteiger charge is -2.32. The Morgan fingerprint density at radius 2 is 1.83 bits per heavy atom. The summed E-state index contributed by atoms with van der Waals surface area (Å²) in [6.45, 7) is 10.4. The van der Waals surface area contributed by atoms with Gasteiger partial charge in [-0.3, -0.25) is 4.98 Å². The molecule has 0 aliphatic rings. The summed E-state index contributed by atoms with van der Waals surface area (Å²) in [5.41, 5.74) is 6.39. The summed E-state index contributed by atoms with van der Waals surface area (Å²) >= 11 is 0. The van der Waals surface area contributed by atoms with Crippen molar-refractivity contribution in [3.8, 4) is 0 Å². The highest BCUT2D eigenvalue weighted by Gasteiger charge is 2.18. The van der Waals surface area contributed by atoms with Gasteiger partial charge in [-0.1, -0.05) is 27.7 Å². The molecule has 0 bridgehead atoms. The van der Waals surface area contributed by atoms with Crippen molar-refractivity contribution in [1.29, 1.82) is 0 Å². The highest BCUT2D eigenvalue weighted by atomic mass is 15.2. The molecule has 1 heterocycles. The molecule has 0 saturated carbocycles. The van der Waals surface area contributed by atoms with Crippen LogP contribution >= 0.6 is 0 Å². The minimum Gasteiger partial charge on any atom is -0.352 e. The second-order valence-electron chi connectivity index (χ2n) is 5.09. The first kappa shape index (κ1) is 14.9. The Hall–Kier alpha value is -1.16. The molecule has 4 heteroatoms. The highest BCUT2D eigenvalue weighted by molar-refractivity contribution is 5.37. The predicted molar refractivity (Wildman–Crippen MR) is 76.5 cm³/mol. The molecule has 18 heavy (non-hydrogen) atoms. The molecule has 0 aliphatic heterocycles. The van der Waals surface area contributed by atoms with Crippen LogP contribution in [0.1, 0.15) is 46.2 Å². The maximum Gasteiger partial charge on any atom is 0.147 e. The third kappa shape index (κ3) is 3.95. The second kappa shape index (κ2) is 7.31. The lowest BCUT2D eigenvalue weighted by atomic mass is 10.1. The van der Waals surface area contributed by atoms with E-state index < -0.39 is 0 Å². The molecule has 102 valence electrons. The Morgan fingerprint density at radius 3 is 2.22 bits per heavy atom. The molecule has 0 aliphatic carbocycles. The van der Waals surface area contributed by atoms with E-state index in [-0.39, 0.29) is 0 Å². The third-order valence-corrected chi connectivity index (χ3v) is 3.14. The average Bonchev–Trinajstić information content (AvgIpc) is 2.38. The first-order valence-corrected chi connectivity index (χ1v) is 6.89. The number of aromatic nitrogens is 2. The fourth-order valence-corrected chi connectivity index (χ4v) is 2.15. The van der Waals surface area contributed by atoms with E-state index in [9.17, 15) is 0 Å². The molecule has 0 radical (unpaired) electrons. The Balaban J connectivity index is 2.92. The number of nitrogens with two attached hydrogens (primary N) is 1. The highest BCUT2D eigenvalue weighted by Crippen LogP contribution is 2.19. The number of anilines is 1. The molecule has 1 aromatic rings. The Morgan fingerprint density at radius 1 is 1.17 bits per heavy atom. The Bertz CT molecular complexity index is 330. The van der Waals surface area contributed by atoms with E-state index in [0.717, 1.165) is 30.9 Å². The normalized spacial score (nSPS) is 11.3. The molecule has 1 rings (SSSR count). The summed E-state index contributed by atoms with van der Waals surface area (Å²) in [5, 5.41) is 0. The molecule has 0 unspecified atom stereocenters. The fourth-order valence-electron chi connectivity index (χ4n) is 2.15. The summed E-state index contributed by atoms with van der Waals surface area (Å²) in [6, 6.07) is 0.533. The van der Waals surface area contributed by atoms with Crippen LogP contribution in [-0.2, 0) is 6.54 Å². The topological polar surface area (TPSA) is 55.0 Å². The van der Waals surface area contributed by atoms with Crippen LogP contribution in [0.5, 0.6) is 0 Å². The van der Waals surface area contributed by atoms with E-state index >= 15 is 0 Å². The zero-order chi connectivity index (χ0) is 13.5. The standard InChI is InChI=1S/C14H26N4/c1-5-13(6-2)18(10-11(3)4)14-9-16-12(7-15)8-17-14/h8-9,11,13H,5-7,10,15H2,1-4H3.